The fraction of sp³-hybridized carbons (Fsp3) is 0.400. The van der Waals surface area contributed by atoms with Crippen molar-refractivity contribution >= 4 is 17.4 Å². The average Bonchev–Trinajstić information content (AvgIpc) is 2.97. The molecule has 6 heteroatoms. The lowest BCUT2D eigenvalue weighted by Gasteiger charge is -2.25. The van der Waals surface area contributed by atoms with Gasteiger partial charge >= 0.3 is 6.03 Å². The molecular weight excluding hydrogens is 284 g/mol. The molecule has 2 heterocycles. The zero-order valence-corrected chi connectivity index (χ0v) is 13.4. The number of aryl methyl sites for hydroxylation is 1. The standard InChI is InChI=1S/C15H20N4OS/c1-11-4-5-16-13(6-11)7-12(2)19(3)15(20)17-8-14-9-21-10-18-14/h4-6,9-10,12H,7-8H2,1-3H3,(H,17,20). The molecule has 0 radical (unpaired) electrons. The highest BCUT2D eigenvalue weighted by Crippen LogP contribution is 2.08. The Hall–Kier alpha value is -1.95. The predicted octanol–water partition coefficient (Wildman–Crippen LogP) is 2.62. The molecule has 2 aromatic rings. The van der Waals surface area contributed by atoms with E-state index in [-0.39, 0.29) is 12.1 Å². The van der Waals surface area contributed by atoms with Gasteiger partial charge < -0.3 is 10.2 Å². The number of nitrogens with one attached hydrogen (secondary N) is 1. The largest absolute Gasteiger partial charge is 0.332 e. The molecular formula is C15H20N4OS. The van der Waals surface area contributed by atoms with Gasteiger partial charge in [0.1, 0.15) is 0 Å². The quantitative estimate of drug-likeness (QED) is 0.924. The fourth-order valence-electron chi connectivity index (χ4n) is 1.97. The van der Waals surface area contributed by atoms with Crippen molar-refractivity contribution in [2.75, 3.05) is 7.05 Å². The Labute approximate surface area is 129 Å². The van der Waals surface area contributed by atoms with E-state index in [1.165, 1.54) is 16.9 Å². The number of nitrogens with zero attached hydrogens (tertiary/aromatic N) is 3. The minimum Gasteiger partial charge on any atom is -0.332 e. The maximum atomic E-state index is 12.1. The average molecular weight is 304 g/mol. The monoisotopic (exact) mass is 304 g/mol. The van der Waals surface area contributed by atoms with Crippen LogP contribution in [0.25, 0.3) is 0 Å². The number of urea groups is 1. The molecule has 1 atom stereocenters. The van der Waals surface area contributed by atoms with Crippen molar-refractivity contribution in [1.29, 1.82) is 0 Å². The summed E-state index contributed by atoms with van der Waals surface area (Å²) in [7, 11) is 1.80. The zero-order valence-electron chi connectivity index (χ0n) is 12.5. The molecule has 0 saturated heterocycles. The molecule has 0 aliphatic heterocycles. The van der Waals surface area contributed by atoms with Crippen LogP contribution in [0.15, 0.2) is 29.2 Å². The van der Waals surface area contributed by atoms with Crippen molar-refractivity contribution in [1.82, 2.24) is 20.2 Å². The second-order valence-corrected chi connectivity index (χ2v) is 5.85. The first-order valence-corrected chi connectivity index (χ1v) is 7.80. The third-order valence-corrected chi connectivity index (χ3v) is 4.00. The summed E-state index contributed by atoms with van der Waals surface area (Å²) in [5.74, 6) is 0. The van der Waals surface area contributed by atoms with Gasteiger partial charge in [-0.05, 0) is 31.5 Å². The second kappa shape index (κ2) is 7.17. The highest BCUT2D eigenvalue weighted by molar-refractivity contribution is 7.07. The van der Waals surface area contributed by atoms with E-state index in [1.54, 1.807) is 23.7 Å². The summed E-state index contributed by atoms with van der Waals surface area (Å²) in [6.45, 7) is 4.52. The van der Waals surface area contributed by atoms with Crippen LogP contribution in [0.5, 0.6) is 0 Å². The lowest BCUT2D eigenvalue weighted by atomic mass is 10.1. The number of hydrogen-bond donors (Lipinski definition) is 1. The van der Waals surface area contributed by atoms with Crippen molar-refractivity contribution < 1.29 is 4.79 Å². The summed E-state index contributed by atoms with van der Waals surface area (Å²) in [4.78, 5) is 22.3. The molecule has 21 heavy (non-hydrogen) atoms. The van der Waals surface area contributed by atoms with Crippen LogP contribution in [0.3, 0.4) is 0 Å². The van der Waals surface area contributed by atoms with Crippen molar-refractivity contribution in [2.24, 2.45) is 0 Å². The van der Waals surface area contributed by atoms with E-state index >= 15 is 0 Å². The number of pyridine rings is 1. The van der Waals surface area contributed by atoms with Crippen LogP contribution in [-0.4, -0.2) is 34.0 Å². The lowest BCUT2D eigenvalue weighted by molar-refractivity contribution is 0.193. The fourth-order valence-corrected chi connectivity index (χ4v) is 2.52. The number of thiazole rings is 1. The molecule has 1 unspecified atom stereocenters. The first-order valence-electron chi connectivity index (χ1n) is 6.85. The number of likely N-dealkylation sites (N-methyl/N-ethyl adjacent to an activating group) is 1. The first-order chi connectivity index (χ1) is 10.1. The minimum atomic E-state index is -0.0943. The number of hydrogen-bond acceptors (Lipinski definition) is 4. The number of aromatic nitrogens is 2. The zero-order chi connectivity index (χ0) is 15.2. The Balaban J connectivity index is 1.86. The second-order valence-electron chi connectivity index (χ2n) is 5.13. The highest BCUT2D eigenvalue weighted by atomic mass is 32.1. The third-order valence-electron chi connectivity index (χ3n) is 3.36. The normalized spacial score (nSPS) is 12.0. The summed E-state index contributed by atoms with van der Waals surface area (Å²) < 4.78 is 0. The predicted molar refractivity (Wildman–Crippen MR) is 84.3 cm³/mol. The van der Waals surface area contributed by atoms with E-state index in [1.807, 2.05) is 25.3 Å². The van der Waals surface area contributed by atoms with Gasteiger partial charge in [-0.15, -0.1) is 11.3 Å². The Kier molecular flexibility index (Phi) is 5.27. The van der Waals surface area contributed by atoms with Crippen LogP contribution in [0, 0.1) is 6.92 Å². The van der Waals surface area contributed by atoms with Gasteiger partial charge in [-0.25, -0.2) is 9.78 Å². The lowest BCUT2D eigenvalue weighted by Crippen LogP contribution is -2.43. The van der Waals surface area contributed by atoms with Gasteiger partial charge in [-0.2, -0.15) is 0 Å². The molecule has 0 bridgehead atoms. The smallest absolute Gasteiger partial charge is 0.317 e. The van der Waals surface area contributed by atoms with Crippen molar-refractivity contribution in [3.63, 3.8) is 0 Å². The molecule has 2 aromatic heterocycles. The molecule has 0 spiro atoms. The highest BCUT2D eigenvalue weighted by Gasteiger charge is 2.16. The SMILES string of the molecule is Cc1ccnc(CC(C)N(C)C(=O)NCc2cscn2)c1. The molecule has 0 saturated carbocycles. The molecule has 112 valence electrons. The maximum Gasteiger partial charge on any atom is 0.317 e. The van der Waals surface area contributed by atoms with Crippen LogP contribution in [0.4, 0.5) is 4.79 Å². The van der Waals surface area contributed by atoms with E-state index in [9.17, 15) is 4.79 Å². The summed E-state index contributed by atoms with van der Waals surface area (Å²) in [5.41, 5.74) is 4.83. The van der Waals surface area contributed by atoms with Crippen LogP contribution in [0.1, 0.15) is 23.9 Å². The van der Waals surface area contributed by atoms with Crippen LogP contribution in [-0.2, 0) is 13.0 Å². The van der Waals surface area contributed by atoms with Gasteiger partial charge in [0, 0.05) is 36.8 Å². The summed E-state index contributed by atoms with van der Waals surface area (Å²) >= 11 is 1.52. The molecule has 2 amide bonds. The molecule has 0 aliphatic carbocycles. The third kappa shape index (κ3) is 4.53. The molecule has 2 rings (SSSR count). The Morgan fingerprint density at radius 1 is 1.43 bits per heavy atom. The number of amides is 2. The summed E-state index contributed by atoms with van der Waals surface area (Å²) in [5, 5.41) is 4.80. The van der Waals surface area contributed by atoms with Crippen molar-refractivity contribution in [3.8, 4) is 0 Å². The van der Waals surface area contributed by atoms with E-state index in [0.717, 1.165) is 17.8 Å². The van der Waals surface area contributed by atoms with Gasteiger partial charge in [0.25, 0.3) is 0 Å². The van der Waals surface area contributed by atoms with Gasteiger partial charge in [0.15, 0.2) is 0 Å². The van der Waals surface area contributed by atoms with Gasteiger partial charge in [0.2, 0.25) is 0 Å². The van der Waals surface area contributed by atoms with Crippen LogP contribution in [0.2, 0.25) is 0 Å². The summed E-state index contributed by atoms with van der Waals surface area (Å²) in [6.07, 6.45) is 2.54. The van der Waals surface area contributed by atoms with E-state index < -0.39 is 0 Å². The topological polar surface area (TPSA) is 58.1 Å². The van der Waals surface area contributed by atoms with Gasteiger partial charge in [-0.1, -0.05) is 0 Å². The number of carbonyl (C=O) groups is 1. The molecule has 0 fully saturated rings. The van der Waals surface area contributed by atoms with E-state index in [2.05, 4.69) is 21.4 Å². The Bertz CT molecular complexity index is 585. The van der Waals surface area contributed by atoms with E-state index in [0.29, 0.717) is 6.54 Å². The number of carbonyl (C=O) groups excluding carboxylic acids is 1. The Morgan fingerprint density at radius 2 is 2.24 bits per heavy atom. The maximum absolute atomic E-state index is 12.1. The first kappa shape index (κ1) is 15.4. The van der Waals surface area contributed by atoms with E-state index in [4.69, 9.17) is 0 Å². The molecule has 5 nitrogen and oxygen atoms in total. The molecule has 1 N–H and O–H groups in total. The van der Waals surface area contributed by atoms with Gasteiger partial charge in [-0.3, -0.25) is 4.98 Å². The van der Waals surface area contributed by atoms with Crippen LogP contribution >= 0.6 is 11.3 Å². The Morgan fingerprint density at radius 3 is 2.90 bits per heavy atom. The van der Waals surface area contributed by atoms with Crippen molar-refractivity contribution in [2.45, 2.75) is 32.9 Å². The van der Waals surface area contributed by atoms with Crippen molar-refractivity contribution in [3.05, 3.63) is 46.2 Å². The summed E-state index contributed by atoms with van der Waals surface area (Å²) in [6, 6.07) is 4.01. The minimum absolute atomic E-state index is 0.0785. The van der Waals surface area contributed by atoms with Crippen LogP contribution < -0.4 is 5.32 Å². The number of rotatable bonds is 5. The molecule has 0 aromatic carbocycles. The van der Waals surface area contributed by atoms with Gasteiger partial charge in [0.05, 0.1) is 17.7 Å². The molecule has 0 aliphatic rings.